The highest BCUT2D eigenvalue weighted by Gasteiger charge is 2.30. The smallest absolute Gasteiger partial charge is 0.378 e. The second-order valence-electron chi connectivity index (χ2n) is 6.88. The maximum Gasteiger partial charge on any atom is 0.416 e. The fraction of sp³-hybridized carbons (Fsp3) is 0.136. The van der Waals surface area contributed by atoms with Crippen molar-refractivity contribution in [1.29, 1.82) is 0 Å². The molecule has 2 aromatic carbocycles. The minimum atomic E-state index is -4.42. The number of benzene rings is 2. The van der Waals surface area contributed by atoms with Gasteiger partial charge in [-0.05, 0) is 30.3 Å². The Hall–Kier alpha value is -3.68. The maximum atomic E-state index is 13.0. The number of aromatic nitrogens is 3. The average Bonchev–Trinajstić information content (AvgIpc) is 3.24. The van der Waals surface area contributed by atoms with Crippen LogP contribution in [0.15, 0.2) is 71.5 Å². The van der Waals surface area contributed by atoms with Crippen LogP contribution in [0.1, 0.15) is 5.56 Å². The standard InChI is InChI=1S/C22H17F3N4O/c1-29(2)17-8-6-14(7-9-17)18-11-20(27-13-26-18)21-12-19(28-30-21)15-4-3-5-16(10-15)22(23,24)25/h3-13H,1-2H3. The Morgan fingerprint density at radius 1 is 0.800 bits per heavy atom. The minimum Gasteiger partial charge on any atom is -0.378 e. The lowest BCUT2D eigenvalue weighted by molar-refractivity contribution is -0.137. The van der Waals surface area contributed by atoms with Gasteiger partial charge in [-0.25, -0.2) is 9.97 Å². The SMILES string of the molecule is CN(C)c1ccc(-c2cc(-c3cc(-c4cccc(C(F)(F)F)c4)no3)ncn2)cc1. The van der Waals surface area contributed by atoms with Crippen molar-refractivity contribution in [1.82, 2.24) is 15.1 Å². The van der Waals surface area contributed by atoms with E-state index in [1.54, 1.807) is 18.2 Å². The highest BCUT2D eigenvalue weighted by molar-refractivity contribution is 5.69. The lowest BCUT2D eigenvalue weighted by Crippen LogP contribution is -2.07. The summed E-state index contributed by atoms with van der Waals surface area (Å²) < 4.78 is 44.2. The molecule has 0 N–H and O–H groups in total. The Kier molecular flexibility index (Phi) is 4.99. The van der Waals surface area contributed by atoms with Crippen LogP contribution in [-0.4, -0.2) is 29.2 Å². The van der Waals surface area contributed by atoms with Gasteiger partial charge in [0.25, 0.3) is 0 Å². The first-order valence-corrected chi connectivity index (χ1v) is 9.06. The summed E-state index contributed by atoms with van der Waals surface area (Å²) in [6.45, 7) is 0. The Labute approximate surface area is 170 Å². The molecule has 0 radical (unpaired) electrons. The molecule has 8 heteroatoms. The molecule has 0 saturated carbocycles. The highest BCUT2D eigenvalue weighted by atomic mass is 19.4. The topological polar surface area (TPSA) is 55.1 Å². The van der Waals surface area contributed by atoms with E-state index >= 15 is 0 Å². The third kappa shape index (κ3) is 4.03. The summed E-state index contributed by atoms with van der Waals surface area (Å²) in [6, 6.07) is 16.1. The quantitative estimate of drug-likeness (QED) is 0.442. The predicted octanol–water partition coefficient (Wildman–Crippen LogP) is 5.55. The zero-order chi connectivity index (χ0) is 21.3. The van der Waals surface area contributed by atoms with Crippen LogP contribution in [0.3, 0.4) is 0 Å². The molecule has 0 aliphatic rings. The van der Waals surface area contributed by atoms with E-state index in [1.165, 1.54) is 12.4 Å². The van der Waals surface area contributed by atoms with E-state index in [2.05, 4.69) is 15.1 Å². The summed E-state index contributed by atoms with van der Waals surface area (Å²) in [4.78, 5) is 10.5. The number of alkyl halides is 3. The molecule has 152 valence electrons. The number of rotatable bonds is 4. The van der Waals surface area contributed by atoms with Crippen LogP contribution in [0.2, 0.25) is 0 Å². The molecule has 0 amide bonds. The zero-order valence-corrected chi connectivity index (χ0v) is 16.2. The fourth-order valence-corrected chi connectivity index (χ4v) is 2.97. The lowest BCUT2D eigenvalue weighted by atomic mass is 10.1. The van der Waals surface area contributed by atoms with Gasteiger partial charge in [-0.15, -0.1) is 0 Å². The van der Waals surface area contributed by atoms with Gasteiger partial charge in [0.15, 0.2) is 5.76 Å². The van der Waals surface area contributed by atoms with Crippen molar-refractivity contribution >= 4 is 5.69 Å². The van der Waals surface area contributed by atoms with E-state index in [1.807, 2.05) is 43.3 Å². The van der Waals surface area contributed by atoms with Crippen molar-refractivity contribution in [2.45, 2.75) is 6.18 Å². The molecule has 4 aromatic rings. The average molecular weight is 410 g/mol. The minimum absolute atomic E-state index is 0.298. The summed E-state index contributed by atoms with van der Waals surface area (Å²) in [7, 11) is 3.92. The first-order valence-electron chi connectivity index (χ1n) is 9.06. The molecule has 0 fully saturated rings. The van der Waals surface area contributed by atoms with E-state index in [0.29, 0.717) is 28.4 Å². The number of hydrogen-bond acceptors (Lipinski definition) is 5. The van der Waals surface area contributed by atoms with Crippen molar-refractivity contribution in [3.8, 4) is 34.0 Å². The predicted molar refractivity (Wildman–Crippen MR) is 108 cm³/mol. The second kappa shape index (κ2) is 7.62. The molecule has 0 atom stereocenters. The first kappa shape index (κ1) is 19.6. The van der Waals surface area contributed by atoms with Crippen molar-refractivity contribution in [3.05, 3.63) is 72.6 Å². The molecule has 0 bridgehead atoms. The van der Waals surface area contributed by atoms with Gasteiger partial charge in [0, 0.05) is 37.0 Å². The summed E-state index contributed by atoms with van der Waals surface area (Å²) in [5.41, 5.74) is 3.02. The lowest BCUT2D eigenvalue weighted by Gasteiger charge is -2.12. The molecule has 2 heterocycles. The largest absolute Gasteiger partial charge is 0.416 e. The Morgan fingerprint density at radius 3 is 2.23 bits per heavy atom. The molecule has 0 spiro atoms. The van der Waals surface area contributed by atoms with Crippen molar-refractivity contribution in [2.24, 2.45) is 0 Å². The molecule has 0 saturated heterocycles. The van der Waals surface area contributed by atoms with E-state index in [9.17, 15) is 13.2 Å². The second-order valence-corrected chi connectivity index (χ2v) is 6.88. The van der Waals surface area contributed by atoms with Crippen molar-refractivity contribution in [2.75, 3.05) is 19.0 Å². The monoisotopic (exact) mass is 410 g/mol. The van der Waals surface area contributed by atoms with Gasteiger partial charge >= 0.3 is 6.18 Å². The number of halogens is 3. The van der Waals surface area contributed by atoms with Crippen LogP contribution in [0, 0.1) is 0 Å². The van der Waals surface area contributed by atoms with Gasteiger partial charge in [-0.1, -0.05) is 29.4 Å². The van der Waals surface area contributed by atoms with Gasteiger partial charge in [-0.2, -0.15) is 13.2 Å². The van der Waals surface area contributed by atoms with Crippen molar-refractivity contribution < 1.29 is 17.7 Å². The first-order chi connectivity index (χ1) is 14.3. The summed E-state index contributed by atoms with van der Waals surface area (Å²) in [5, 5.41) is 3.91. The molecular formula is C22H17F3N4O. The molecule has 5 nitrogen and oxygen atoms in total. The van der Waals surface area contributed by atoms with E-state index in [0.717, 1.165) is 23.4 Å². The normalized spacial score (nSPS) is 11.5. The number of anilines is 1. The van der Waals surface area contributed by atoms with Gasteiger partial charge in [0.05, 0.1) is 11.3 Å². The fourth-order valence-electron chi connectivity index (χ4n) is 2.97. The van der Waals surface area contributed by atoms with Crippen LogP contribution in [-0.2, 0) is 6.18 Å². The number of hydrogen-bond donors (Lipinski definition) is 0. The Bertz CT molecular complexity index is 1170. The third-order valence-electron chi connectivity index (χ3n) is 4.59. The maximum absolute atomic E-state index is 13.0. The van der Waals surface area contributed by atoms with E-state index < -0.39 is 11.7 Å². The third-order valence-corrected chi connectivity index (χ3v) is 4.59. The number of nitrogens with zero attached hydrogens (tertiary/aromatic N) is 4. The Balaban J connectivity index is 1.64. The van der Waals surface area contributed by atoms with Crippen LogP contribution < -0.4 is 4.90 Å². The van der Waals surface area contributed by atoms with Crippen LogP contribution in [0.25, 0.3) is 34.0 Å². The van der Waals surface area contributed by atoms with Crippen LogP contribution >= 0.6 is 0 Å². The van der Waals surface area contributed by atoms with Gasteiger partial charge in [0.1, 0.15) is 17.7 Å². The summed E-state index contributed by atoms with van der Waals surface area (Å²) in [5.74, 6) is 0.343. The van der Waals surface area contributed by atoms with Gasteiger partial charge < -0.3 is 9.42 Å². The van der Waals surface area contributed by atoms with Gasteiger partial charge in [0.2, 0.25) is 0 Å². The van der Waals surface area contributed by atoms with E-state index in [-0.39, 0.29) is 0 Å². The molecule has 0 aliphatic carbocycles. The molecular weight excluding hydrogens is 393 g/mol. The van der Waals surface area contributed by atoms with Gasteiger partial charge in [-0.3, -0.25) is 0 Å². The van der Waals surface area contributed by atoms with Crippen LogP contribution in [0.4, 0.5) is 18.9 Å². The van der Waals surface area contributed by atoms with Crippen LogP contribution in [0.5, 0.6) is 0 Å². The highest BCUT2D eigenvalue weighted by Crippen LogP contribution is 2.33. The molecule has 0 aliphatic heterocycles. The summed E-state index contributed by atoms with van der Waals surface area (Å²) >= 11 is 0. The molecule has 2 aromatic heterocycles. The van der Waals surface area contributed by atoms with E-state index in [4.69, 9.17) is 4.52 Å². The summed E-state index contributed by atoms with van der Waals surface area (Å²) in [6.07, 6.45) is -3.01. The molecule has 0 unspecified atom stereocenters. The Morgan fingerprint density at radius 2 is 1.53 bits per heavy atom. The molecule has 30 heavy (non-hydrogen) atoms. The van der Waals surface area contributed by atoms with Crippen molar-refractivity contribution in [3.63, 3.8) is 0 Å². The zero-order valence-electron chi connectivity index (χ0n) is 16.2. The molecule has 4 rings (SSSR count).